The Morgan fingerprint density at radius 3 is 2.61 bits per heavy atom. The van der Waals surface area contributed by atoms with Crippen LogP contribution in [0.2, 0.25) is 5.02 Å². The first kappa shape index (κ1) is 21.8. The van der Waals surface area contributed by atoms with Gasteiger partial charge in [0.15, 0.2) is 0 Å². The Balaban J connectivity index is 1.49. The second-order valence-corrected chi connectivity index (χ2v) is 8.93. The highest BCUT2D eigenvalue weighted by atomic mass is 35.5. The first-order valence-electron chi connectivity index (χ1n) is 11.2. The van der Waals surface area contributed by atoms with Crippen LogP contribution in [0.1, 0.15) is 41.8 Å². The van der Waals surface area contributed by atoms with Gasteiger partial charge in [0.25, 0.3) is 0 Å². The molecule has 2 aromatic carbocycles. The van der Waals surface area contributed by atoms with Gasteiger partial charge in [0.2, 0.25) is 5.91 Å². The Bertz CT molecular complexity index is 1070. The smallest absolute Gasteiger partial charge is 0.221 e. The lowest BCUT2D eigenvalue weighted by atomic mass is 10.1. The highest BCUT2D eigenvalue weighted by Gasteiger charge is 2.16. The van der Waals surface area contributed by atoms with Crippen LogP contribution in [-0.2, 0) is 17.8 Å². The number of carbonyl (C=O) groups is 1. The Labute approximate surface area is 189 Å². The predicted molar refractivity (Wildman–Crippen MR) is 127 cm³/mol. The molecule has 31 heavy (non-hydrogen) atoms. The molecular formula is C25H31ClN4O. The van der Waals surface area contributed by atoms with Gasteiger partial charge in [0.1, 0.15) is 5.82 Å². The lowest BCUT2D eigenvalue weighted by molar-refractivity contribution is -0.121. The molecule has 0 saturated carbocycles. The maximum Gasteiger partial charge on any atom is 0.221 e. The summed E-state index contributed by atoms with van der Waals surface area (Å²) in [6.07, 6.45) is 3.63. The first-order chi connectivity index (χ1) is 15.0. The van der Waals surface area contributed by atoms with E-state index in [2.05, 4.69) is 40.8 Å². The molecule has 6 heteroatoms. The van der Waals surface area contributed by atoms with Crippen LogP contribution in [0.5, 0.6) is 0 Å². The molecule has 164 valence electrons. The molecule has 0 bridgehead atoms. The van der Waals surface area contributed by atoms with Crippen LogP contribution in [0.15, 0.2) is 36.4 Å². The van der Waals surface area contributed by atoms with Gasteiger partial charge in [-0.2, -0.15) is 0 Å². The van der Waals surface area contributed by atoms with Gasteiger partial charge in [0, 0.05) is 37.5 Å². The average molecular weight is 439 g/mol. The third kappa shape index (κ3) is 5.28. The lowest BCUT2D eigenvalue weighted by Crippen LogP contribution is -2.33. The SMILES string of the molecule is Cc1cc2nc(Cc3ccccc3Cl)n(CCC(=O)NCCN3CCCC3)c2cc1C. The zero-order chi connectivity index (χ0) is 21.8. The summed E-state index contributed by atoms with van der Waals surface area (Å²) in [5.74, 6) is 1.03. The van der Waals surface area contributed by atoms with Crippen molar-refractivity contribution in [1.82, 2.24) is 19.8 Å². The Morgan fingerprint density at radius 1 is 1.10 bits per heavy atom. The molecule has 1 fully saturated rings. The number of imidazole rings is 1. The monoisotopic (exact) mass is 438 g/mol. The van der Waals surface area contributed by atoms with Gasteiger partial charge >= 0.3 is 0 Å². The van der Waals surface area contributed by atoms with E-state index in [0.29, 0.717) is 25.9 Å². The van der Waals surface area contributed by atoms with Gasteiger partial charge in [-0.3, -0.25) is 4.79 Å². The van der Waals surface area contributed by atoms with E-state index in [4.69, 9.17) is 16.6 Å². The van der Waals surface area contributed by atoms with Crippen LogP contribution in [0.4, 0.5) is 0 Å². The van der Waals surface area contributed by atoms with E-state index < -0.39 is 0 Å². The standard InChI is InChI=1S/C25H31ClN4O/c1-18-15-22-23(16-19(18)2)30(24(28-22)17-20-7-3-4-8-21(20)26)13-9-25(31)27-10-14-29-11-5-6-12-29/h3-4,7-8,15-16H,5-6,9-14,17H2,1-2H3,(H,27,31). The van der Waals surface area contributed by atoms with Crippen molar-refractivity contribution in [2.24, 2.45) is 0 Å². The zero-order valence-corrected chi connectivity index (χ0v) is 19.2. The van der Waals surface area contributed by atoms with Crippen molar-refractivity contribution in [3.8, 4) is 0 Å². The van der Waals surface area contributed by atoms with Crippen LogP contribution in [0, 0.1) is 13.8 Å². The molecule has 0 spiro atoms. The molecule has 1 aromatic heterocycles. The summed E-state index contributed by atoms with van der Waals surface area (Å²) >= 11 is 6.41. The van der Waals surface area contributed by atoms with E-state index >= 15 is 0 Å². The minimum Gasteiger partial charge on any atom is -0.355 e. The van der Waals surface area contributed by atoms with E-state index in [9.17, 15) is 4.79 Å². The molecule has 1 N–H and O–H groups in total. The lowest BCUT2D eigenvalue weighted by Gasteiger charge is -2.15. The Kier molecular flexibility index (Phi) is 6.93. The summed E-state index contributed by atoms with van der Waals surface area (Å²) in [4.78, 5) is 19.8. The number of aromatic nitrogens is 2. The molecule has 1 aliphatic heterocycles. The number of rotatable bonds is 8. The molecule has 5 nitrogen and oxygen atoms in total. The molecule has 0 unspecified atom stereocenters. The zero-order valence-electron chi connectivity index (χ0n) is 18.5. The van der Waals surface area contributed by atoms with Crippen molar-refractivity contribution in [2.45, 2.75) is 46.1 Å². The van der Waals surface area contributed by atoms with Crippen LogP contribution in [-0.4, -0.2) is 46.5 Å². The number of fused-ring (bicyclic) bond motifs is 1. The quantitative estimate of drug-likeness (QED) is 0.563. The molecule has 0 radical (unpaired) electrons. The maximum absolute atomic E-state index is 12.5. The molecule has 1 amide bonds. The van der Waals surface area contributed by atoms with Gasteiger partial charge in [-0.1, -0.05) is 29.8 Å². The number of aryl methyl sites for hydroxylation is 3. The summed E-state index contributed by atoms with van der Waals surface area (Å²) in [7, 11) is 0. The number of benzene rings is 2. The number of hydrogen-bond donors (Lipinski definition) is 1. The van der Waals surface area contributed by atoms with Crippen LogP contribution >= 0.6 is 11.6 Å². The molecule has 0 aliphatic carbocycles. The Morgan fingerprint density at radius 2 is 1.84 bits per heavy atom. The van der Waals surface area contributed by atoms with Gasteiger partial charge in [-0.25, -0.2) is 4.98 Å². The minimum absolute atomic E-state index is 0.0913. The number of carbonyl (C=O) groups excluding carboxylic acids is 1. The second kappa shape index (κ2) is 9.84. The molecule has 1 saturated heterocycles. The fourth-order valence-corrected chi connectivity index (χ4v) is 4.49. The van der Waals surface area contributed by atoms with E-state index in [-0.39, 0.29) is 5.91 Å². The molecule has 2 heterocycles. The number of likely N-dealkylation sites (tertiary alicyclic amines) is 1. The summed E-state index contributed by atoms with van der Waals surface area (Å²) in [6.45, 7) is 8.79. The number of hydrogen-bond acceptors (Lipinski definition) is 3. The Hall–Kier alpha value is -2.37. The predicted octanol–water partition coefficient (Wildman–Crippen LogP) is 4.50. The van der Waals surface area contributed by atoms with E-state index in [1.54, 1.807) is 0 Å². The van der Waals surface area contributed by atoms with E-state index in [1.807, 2.05) is 24.3 Å². The molecule has 0 atom stereocenters. The van der Waals surface area contributed by atoms with Gasteiger partial charge in [-0.05, 0) is 74.7 Å². The third-order valence-electron chi connectivity index (χ3n) is 6.26. The van der Waals surface area contributed by atoms with Crippen molar-refractivity contribution in [3.63, 3.8) is 0 Å². The highest BCUT2D eigenvalue weighted by Crippen LogP contribution is 2.25. The number of nitrogens with one attached hydrogen (secondary N) is 1. The van der Waals surface area contributed by atoms with Gasteiger partial charge in [-0.15, -0.1) is 0 Å². The number of nitrogens with zero attached hydrogens (tertiary/aromatic N) is 3. The fourth-order valence-electron chi connectivity index (χ4n) is 4.29. The summed E-state index contributed by atoms with van der Waals surface area (Å²) in [6, 6.07) is 12.2. The first-order valence-corrected chi connectivity index (χ1v) is 11.6. The van der Waals surface area contributed by atoms with E-state index in [0.717, 1.165) is 47.1 Å². The van der Waals surface area contributed by atoms with Gasteiger partial charge < -0.3 is 14.8 Å². The minimum atomic E-state index is 0.0913. The third-order valence-corrected chi connectivity index (χ3v) is 6.63. The number of amides is 1. The summed E-state index contributed by atoms with van der Waals surface area (Å²) in [5, 5.41) is 3.83. The summed E-state index contributed by atoms with van der Waals surface area (Å²) < 4.78 is 2.19. The largest absolute Gasteiger partial charge is 0.355 e. The molecule has 1 aliphatic rings. The van der Waals surface area contributed by atoms with Crippen molar-refractivity contribution < 1.29 is 4.79 Å². The van der Waals surface area contributed by atoms with Crippen molar-refractivity contribution >= 4 is 28.5 Å². The topological polar surface area (TPSA) is 50.2 Å². The average Bonchev–Trinajstić information content (AvgIpc) is 3.37. The van der Waals surface area contributed by atoms with E-state index in [1.165, 1.54) is 24.0 Å². The van der Waals surface area contributed by atoms with Crippen LogP contribution in [0.25, 0.3) is 11.0 Å². The van der Waals surface area contributed by atoms with Crippen molar-refractivity contribution in [2.75, 3.05) is 26.2 Å². The van der Waals surface area contributed by atoms with Crippen molar-refractivity contribution in [1.29, 1.82) is 0 Å². The molecule has 4 rings (SSSR count). The second-order valence-electron chi connectivity index (χ2n) is 8.52. The fraction of sp³-hybridized carbons (Fsp3) is 0.440. The summed E-state index contributed by atoms with van der Waals surface area (Å²) in [5.41, 5.74) is 5.55. The normalized spacial score (nSPS) is 14.4. The maximum atomic E-state index is 12.5. The van der Waals surface area contributed by atoms with Crippen LogP contribution < -0.4 is 5.32 Å². The molecule has 3 aromatic rings. The van der Waals surface area contributed by atoms with Crippen LogP contribution in [0.3, 0.4) is 0 Å². The molecular weight excluding hydrogens is 408 g/mol. The van der Waals surface area contributed by atoms with Crippen molar-refractivity contribution in [3.05, 3.63) is 63.9 Å². The number of halogens is 1. The highest BCUT2D eigenvalue weighted by molar-refractivity contribution is 6.31. The van der Waals surface area contributed by atoms with Gasteiger partial charge in [0.05, 0.1) is 11.0 Å².